The normalized spacial score (nSPS) is 23.7. The van der Waals surface area contributed by atoms with E-state index in [1.165, 1.54) is 5.57 Å². The maximum atomic E-state index is 12.0. The quantitative estimate of drug-likeness (QED) is 0.576. The van der Waals surface area contributed by atoms with E-state index in [1.54, 1.807) is 0 Å². The largest absolute Gasteiger partial charge is 0.460 e. The van der Waals surface area contributed by atoms with Crippen molar-refractivity contribution in [2.45, 2.75) is 64.8 Å². The Balaban J connectivity index is 1.87. The summed E-state index contributed by atoms with van der Waals surface area (Å²) in [6.07, 6.45) is 5.70. The number of carbonyl (C=O) groups is 1. The molecule has 1 heterocycles. The standard InChI is InChI=1S/C16H26O4/c1-12(14(17)20-15(2,3)4)11-13-5-7-16(8-6-13)18-9-10-19-16/h11-12H,5-10H2,1-4H3. The summed E-state index contributed by atoms with van der Waals surface area (Å²) in [7, 11) is 0. The van der Waals surface area contributed by atoms with Crippen molar-refractivity contribution in [3.63, 3.8) is 0 Å². The zero-order chi connectivity index (χ0) is 14.8. The molecule has 4 heteroatoms. The van der Waals surface area contributed by atoms with Crippen LogP contribution < -0.4 is 0 Å². The summed E-state index contributed by atoms with van der Waals surface area (Å²) in [4.78, 5) is 12.0. The van der Waals surface area contributed by atoms with Gasteiger partial charge in [0.15, 0.2) is 5.79 Å². The summed E-state index contributed by atoms with van der Waals surface area (Å²) in [5.41, 5.74) is 0.888. The molecule has 20 heavy (non-hydrogen) atoms. The Morgan fingerprint density at radius 3 is 2.30 bits per heavy atom. The highest BCUT2D eigenvalue weighted by Crippen LogP contribution is 2.38. The summed E-state index contributed by atoms with van der Waals surface area (Å²) >= 11 is 0. The summed E-state index contributed by atoms with van der Waals surface area (Å²) in [6.45, 7) is 8.98. The van der Waals surface area contributed by atoms with Gasteiger partial charge in [0, 0.05) is 12.8 Å². The van der Waals surface area contributed by atoms with Gasteiger partial charge in [0.05, 0.1) is 19.1 Å². The van der Waals surface area contributed by atoms with Crippen LogP contribution in [0.25, 0.3) is 0 Å². The maximum absolute atomic E-state index is 12.0. The maximum Gasteiger partial charge on any atom is 0.313 e. The number of esters is 1. The molecule has 1 unspecified atom stereocenters. The van der Waals surface area contributed by atoms with Crippen LogP contribution in [-0.4, -0.2) is 30.6 Å². The molecule has 4 nitrogen and oxygen atoms in total. The van der Waals surface area contributed by atoms with Crippen molar-refractivity contribution in [3.8, 4) is 0 Å². The highest BCUT2D eigenvalue weighted by Gasteiger charge is 2.38. The highest BCUT2D eigenvalue weighted by atomic mass is 16.7. The molecule has 2 aliphatic rings. The fraction of sp³-hybridized carbons (Fsp3) is 0.812. The van der Waals surface area contributed by atoms with E-state index >= 15 is 0 Å². The van der Waals surface area contributed by atoms with Crippen LogP contribution in [0.4, 0.5) is 0 Å². The Labute approximate surface area is 121 Å². The first kappa shape index (κ1) is 15.5. The lowest BCUT2D eigenvalue weighted by Gasteiger charge is -2.32. The first-order valence-electron chi connectivity index (χ1n) is 7.50. The molecular weight excluding hydrogens is 256 g/mol. The molecule has 1 atom stereocenters. The van der Waals surface area contributed by atoms with Gasteiger partial charge in [-0.1, -0.05) is 11.6 Å². The van der Waals surface area contributed by atoms with Gasteiger partial charge in [-0.3, -0.25) is 4.79 Å². The summed E-state index contributed by atoms with van der Waals surface area (Å²) in [5.74, 6) is -0.686. The molecule has 2 rings (SSSR count). The van der Waals surface area contributed by atoms with Crippen LogP contribution in [0.5, 0.6) is 0 Å². The van der Waals surface area contributed by atoms with Crippen LogP contribution in [0.2, 0.25) is 0 Å². The average Bonchev–Trinajstić information content (AvgIpc) is 2.79. The van der Waals surface area contributed by atoms with Gasteiger partial charge in [0.2, 0.25) is 0 Å². The first-order valence-corrected chi connectivity index (χ1v) is 7.50. The minimum absolute atomic E-state index is 0.154. The topological polar surface area (TPSA) is 44.8 Å². The molecule has 0 aromatic rings. The number of allylic oxidation sites excluding steroid dienone is 1. The number of hydrogen-bond acceptors (Lipinski definition) is 4. The van der Waals surface area contributed by atoms with Crippen molar-refractivity contribution in [1.82, 2.24) is 0 Å². The van der Waals surface area contributed by atoms with Crippen molar-refractivity contribution < 1.29 is 19.0 Å². The smallest absolute Gasteiger partial charge is 0.313 e. The summed E-state index contributed by atoms with van der Waals surface area (Å²) in [5, 5.41) is 0. The van der Waals surface area contributed by atoms with Crippen LogP contribution in [0.15, 0.2) is 11.6 Å². The van der Waals surface area contributed by atoms with Crippen LogP contribution in [0, 0.1) is 5.92 Å². The van der Waals surface area contributed by atoms with Gasteiger partial charge >= 0.3 is 5.97 Å². The van der Waals surface area contributed by atoms with Crippen LogP contribution in [0.1, 0.15) is 53.4 Å². The molecule has 0 aromatic carbocycles. The zero-order valence-corrected chi connectivity index (χ0v) is 13.0. The molecule has 1 saturated carbocycles. The fourth-order valence-corrected chi connectivity index (χ4v) is 2.72. The molecule has 0 bridgehead atoms. The van der Waals surface area contributed by atoms with Crippen molar-refractivity contribution >= 4 is 5.97 Å². The first-order chi connectivity index (χ1) is 9.30. The molecule has 0 radical (unpaired) electrons. The Morgan fingerprint density at radius 2 is 1.80 bits per heavy atom. The minimum Gasteiger partial charge on any atom is -0.460 e. The molecule has 0 amide bonds. The highest BCUT2D eigenvalue weighted by molar-refractivity contribution is 5.74. The Bertz CT molecular complexity index is 374. The minimum atomic E-state index is -0.425. The molecule has 1 saturated heterocycles. The number of ether oxygens (including phenoxy) is 3. The van der Waals surface area contributed by atoms with E-state index in [-0.39, 0.29) is 17.7 Å². The molecule has 0 aromatic heterocycles. The molecule has 2 fully saturated rings. The predicted molar refractivity (Wildman–Crippen MR) is 76.2 cm³/mol. The van der Waals surface area contributed by atoms with Gasteiger partial charge in [0.1, 0.15) is 5.60 Å². The number of rotatable bonds is 2. The van der Waals surface area contributed by atoms with E-state index in [4.69, 9.17) is 14.2 Å². The lowest BCUT2D eigenvalue weighted by molar-refractivity contribution is -0.171. The molecule has 1 spiro atoms. The molecule has 1 aliphatic carbocycles. The van der Waals surface area contributed by atoms with Gasteiger partial charge < -0.3 is 14.2 Å². The zero-order valence-electron chi connectivity index (χ0n) is 13.0. The predicted octanol–water partition coefficient (Wildman–Crippen LogP) is 3.21. The second kappa shape index (κ2) is 5.86. The summed E-state index contributed by atoms with van der Waals surface area (Å²) < 4.78 is 16.8. The van der Waals surface area contributed by atoms with E-state index in [0.29, 0.717) is 13.2 Å². The Morgan fingerprint density at radius 1 is 1.25 bits per heavy atom. The molecular formula is C16H26O4. The van der Waals surface area contributed by atoms with Gasteiger partial charge in [0.25, 0.3) is 0 Å². The lowest BCUT2D eigenvalue weighted by atomic mass is 9.88. The van der Waals surface area contributed by atoms with Gasteiger partial charge in [-0.2, -0.15) is 0 Å². The van der Waals surface area contributed by atoms with Crippen LogP contribution >= 0.6 is 0 Å². The number of carbonyl (C=O) groups excluding carboxylic acids is 1. The van der Waals surface area contributed by atoms with Crippen LogP contribution in [-0.2, 0) is 19.0 Å². The third-order valence-electron chi connectivity index (χ3n) is 3.73. The van der Waals surface area contributed by atoms with Crippen molar-refractivity contribution in [1.29, 1.82) is 0 Å². The third kappa shape index (κ3) is 4.06. The average molecular weight is 282 g/mol. The van der Waals surface area contributed by atoms with E-state index in [9.17, 15) is 4.79 Å². The van der Waals surface area contributed by atoms with E-state index in [0.717, 1.165) is 25.7 Å². The second-order valence-corrected chi connectivity index (χ2v) is 6.75. The fourth-order valence-electron chi connectivity index (χ4n) is 2.72. The Hall–Kier alpha value is -0.870. The van der Waals surface area contributed by atoms with Crippen LogP contribution in [0.3, 0.4) is 0 Å². The third-order valence-corrected chi connectivity index (χ3v) is 3.73. The summed E-state index contributed by atoms with van der Waals surface area (Å²) in [6, 6.07) is 0. The van der Waals surface area contributed by atoms with E-state index < -0.39 is 5.60 Å². The molecule has 114 valence electrons. The molecule has 0 N–H and O–H groups in total. The van der Waals surface area contributed by atoms with E-state index in [2.05, 4.69) is 6.08 Å². The van der Waals surface area contributed by atoms with Gasteiger partial charge in [-0.05, 0) is 40.5 Å². The van der Waals surface area contributed by atoms with E-state index in [1.807, 2.05) is 27.7 Å². The van der Waals surface area contributed by atoms with Crippen molar-refractivity contribution in [2.75, 3.05) is 13.2 Å². The molecule has 1 aliphatic heterocycles. The SMILES string of the molecule is CC(C=C1CCC2(CC1)OCCO2)C(=O)OC(C)(C)C. The lowest BCUT2D eigenvalue weighted by Crippen LogP contribution is -2.33. The van der Waals surface area contributed by atoms with Crippen molar-refractivity contribution in [2.24, 2.45) is 5.92 Å². The second-order valence-electron chi connectivity index (χ2n) is 6.75. The van der Waals surface area contributed by atoms with Crippen molar-refractivity contribution in [3.05, 3.63) is 11.6 Å². The number of hydrogen-bond donors (Lipinski definition) is 0. The van der Waals surface area contributed by atoms with Gasteiger partial charge in [-0.15, -0.1) is 0 Å². The monoisotopic (exact) mass is 282 g/mol. The van der Waals surface area contributed by atoms with Gasteiger partial charge in [-0.25, -0.2) is 0 Å². The Kier molecular flexibility index (Phi) is 4.55.